The summed E-state index contributed by atoms with van der Waals surface area (Å²) in [5.41, 5.74) is -0.526. The lowest BCUT2D eigenvalue weighted by molar-refractivity contribution is -0.156. The fraction of sp³-hybridized carbons (Fsp3) is 0.652. The van der Waals surface area contributed by atoms with E-state index in [0.717, 1.165) is 5.75 Å². The average Bonchev–Trinajstić information content (AvgIpc) is 2.66. The summed E-state index contributed by atoms with van der Waals surface area (Å²) >= 11 is 0. The molecule has 170 valence electrons. The van der Waals surface area contributed by atoms with Crippen LogP contribution in [0.2, 0.25) is 0 Å². The summed E-state index contributed by atoms with van der Waals surface area (Å²) in [6, 6.07) is 7.08. The molecule has 0 heterocycles. The summed E-state index contributed by atoms with van der Waals surface area (Å²) in [6.45, 7) is 14.2. The molecule has 7 heteroatoms. The second kappa shape index (κ2) is 12.4. The minimum Gasteiger partial charge on any atom is -0.493 e. The molecule has 1 rings (SSSR count). The van der Waals surface area contributed by atoms with Crippen LogP contribution < -0.4 is 14.8 Å². The Balaban J connectivity index is 2.52. The SMILES string of the molecule is CC(C)COc1ccc(OCC(=O)OC(CNC(=O)C(C)(C)C)COC(C)C)cc1. The summed E-state index contributed by atoms with van der Waals surface area (Å²) in [7, 11) is 0. The van der Waals surface area contributed by atoms with Crippen LogP contribution in [0.25, 0.3) is 0 Å². The van der Waals surface area contributed by atoms with Gasteiger partial charge in [0.2, 0.25) is 5.91 Å². The van der Waals surface area contributed by atoms with Gasteiger partial charge in [0, 0.05) is 5.41 Å². The topological polar surface area (TPSA) is 83.1 Å². The number of rotatable bonds is 12. The van der Waals surface area contributed by atoms with E-state index >= 15 is 0 Å². The van der Waals surface area contributed by atoms with Crippen molar-refractivity contribution in [3.05, 3.63) is 24.3 Å². The van der Waals surface area contributed by atoms with Gasteiger partial charge in [-0.2, -0.15) is 0 Å². The molecular formula is C23H37NO6. The molecule has 7 nitrogen and oxygen atoms in total. The van der Waals surface area contributed by atoms with Crippen LogP contribution in [-0.2, 0) is 19.1 Å². The van der Waals surface area contributed by atoms with Gasteiger partial charge in [0.25, 0.3) is 0 Å². The van der Waals surface area contributed by atoms with Crippen LogP contribution in [0.4, 0.5) is 0 Å². The van der Waals surface area contributed by atoms with E-state index in [0.29, 0.717) is 18.3 Å². The Bertz CT molecular complexity index is 649. The molecule has 30 heavy (non-hydrogen) atoms. The van der Waals surface area contributed by atoms with E-state index in [2.05, 4.69) is 19.2 Å². The van der Waals surface area contributed by atoms with E-state index in [9.17, 15) is 9.59 Å². The summed E-state index contributed by atoms with van der Waals surface area (Å²) in [4.78, 5) is 24.3. The summed E-state index contributed by atoms with van der Waals surface area (Å²) in [5, 5.41) is 2.80. The van der Waals surface area contributed by atoms with E-state index < -0.39 is 17.5 Å². The maximum Gasteiger partial charge on any atom is 0.344 e. The number of ether oxygens (including phenoxy) is 4. The standard InChI is InChI=1S/C23H37NO6/c1-16(2)13-28-18-8-10-19(11-9-18)29-15-21(25)30-20(14-27-17(3)4)12-24-22(26)23(5,6)7/h8-11,16-17,20H,12-15H2,1-7H3,(H,24,26). The Morgan fingerprint density at radius 3 is 2.00 bits per heavy atom. The number of hydrogen-bond donors (Lipinski definition) is 1. The highest BCUT2D eigenvalue weighted by atomic mass is 16.6. The largest absolute Gasteiger partial charge is 0.493 e. The van der Waals surface area contributed by atoms with Crippen LogP contribution in [0.1, 0.15) is 48.5 Å². The molecular weight excluding hydrogens is 386 g/mol. The number of benzene rings is 1. The molecule has 0 saturated heterocycles. The van der Waals surface area contributed by atoms with E-state index in [1.165, 1.54) is 0 Å². The van der Waals surface area contributed by atoms with E-state index in [1.54, 1.807) is 24.3 Å². The summed E-state index contributed by atoms with van der Waals surface area (Å²) in [6.07, 6.45) is -0.612. The minimum absolute atomic E-state index is 0.0165. The van der Waals surface area contributed by atoms with Crippen LogP contribution in [0, 0.1) is 11.3 Å². The van der Waals surface area contributed by atoms with Gasteiger partial charge in [0.1, 0.15) is 17.6 Å². The lowest BCUT2D eigenvalue weighted by Gasteiger charge is -2.23. The third-order valence-electron chi connectivity index (χ3n) is 3.85. The molecule has 0 bridgehead atoms. The molecule has 0 aliphatic carbocycles. The predicted molar refractivity (Wildman–Crippen MR) is 116 cm³/mol. The molecule has 0 fully saturated rings. The van der Waals surface area contributed by atoms with Crippen molar-refractivity contribution in [2.24, 2.45) is 11.3 Å². The van der Waals surface area contributed by atoms with Crippen molar-refractivity contribution in [2.75, 3.05) is 26.4 Å². The van der Waals surface area contributed by atoms with Crippen molar-refractivity contribution in [3.63, 3.8) is 0 Å². The first kappa shape index (κ1) is 25.8. The van der Waals surface area contributed by atoms with Crippen LogP contribution in [0.3, 0.4) is 0 Å². The lowest BCUT2D eigenvalue weighted by atomic mass is 9.96. The average molecular weight is 424 g/mol. The summed E-state index contributed by atoms with van der Waals surface area (Å²) in [5.74, 6) is 1.08. The molecule has 1 amide bonds. The number of hydrogen-bond acceptors (Lipinski definition) is 6. The lowest BCUT2D eigenvalue weighted by Crippen LogP contribution is -2.43. The Morgan fingerprint density at radius 2 is 1.50 bits per heavy atom. The zero-order valence-electron chi connectivity index (χ0n) is 19.3. The smallest absolute Gasteiger partial charge is 0.344 e. The van der Waals surface area contributed by atoms with Crippen molar-refractivity contribution >= 4 is 11.9 Å². The minimum atomic E-state index is -0.596. The molecule has 0 aliphatic heterocycles. The highest BCUT2D eigenvalue weighted by Gasteiger charge is 2.23. The van der Waals surface area contributed by atoms with Gasteiger partial charge in [-0.05, 0) is 44.0 Å². The number of nitrogens with one attached hydrogen (secondary N) is 1. The first-order chi connectivity index (χ1) is 14.0. The Hall–Kier alpha value is -2.28. The maximum atomic E-state index is 12.2. The van der Waals surface area contributed by atoms with Crippen LogP contribution in [-0.4, -0.2) is 50.4 Å². The number of esters is 1. The third kappa shape index (κ3) is 11.0. The zero-order valence-corrected chi connectivity index (χ0v) is 19.3. The fourth-order valence-corrected chi connectivity index (χ4v) is 2.16. The predicted octanol–water partition coefficient (Wildman–Crippen LogP) is 3.60. The fourth-order valence-electron chi connectivity index (χ4n) is 2.16. The van der Waals surface area contributed by atoms with Gasteiger partial charge in [0.15, 0.2) is 6.61 Å². The molecule has 1 aromatic rings. The highest BCUT2D eigenvalue weighted by molar-refractivity contribution is 5.81. The number of amides is 1. The van der Waals surface area contributed by atoms with Gasteiger partial charge in [0.05, 0.1) is 25.9 Å². The second-order valence-corrected chi connectivity index (χ2v) is 8.92. The van der Waals surface area contributed by atoms with Gasteiger partial charge in [-0.25, -0.2) is 4.79 Å². The van der Waals surface area contributed by atoms with E-state index in [1.807, 2.05) is 34.6 Å². The normalized spacial score (nSPS) is 12.6. The van der Waals surface area contributed by atoms with Crippen molar-refractivity contribution in [1.29, 1.82) is 0 Å². The molecule has 1 N–H and O–H groups in total. The molecule has 0 saturated carbocycles. The Labute approximate surface area is 180 Å². The first-order valence-corrected chi connectivity index (χ1v) is 10.4. The van der Waals surface area contributed by atoms with Gasteiger partial charge in [-0.3, -0.25) is 4.79 Å². The molecule has 1 aromatic carbocycles. The molecule has 1 unspecified atom stereocenters. The molecule has 0 radical (unpaired) electrons. The van der Waals surface area contributed by atoms with Crippen molar-refractivity contribution < 1.29 is 28.5 Å². The quantitative estimate of drug-likeness (QED) is 0.517. The van der Waals surface area contributed by atoms with Crippen molar-refractivity contribution in [1.82, 2.24) is 5.32 Å². The summed E-state index contributed by atoms with van der Waals surface area (Å²) < 4.78 is 22.1. The van der Waals surface area contributed by atoms with Gasteiger partial charge < -0.3 is 24.3 Å². The third-order valence-corrected chi connectivity index (χ3v) is 3.85. The molecule has 0 aromatic heterocycles. The van der Waals surface area contributed by atoms with Crippen LogP contribution in [0.15, 0.2) is 24.3 Å². The molecule has 0 aliphatic rings. The Morgan fingerprint density at radius 1 is 0.933 bits per heavy atom. The van der Waals surface area contributed by atoms with Crippen LogP contribution in [0.5, 0.6) is 11.5 Å². The highest BCUT2D eigenvalue weighted by Crippen LogP contribution is 2.18. The van der Waals surface area contributed by atoms with E-state index in [4.69, 9.17) is 18.9 Å². The molecule has 0 spiro atoms. The number of carbonyl (C=O) groups is 2. The first-order valence-electron chi connectivity index (χ1n) is 10.4. The van der Waals surface area contributed by atoms with Gasteiger partial charge >= 0.3 is 5.97 Å². The zero-order chi connectivity index (χ0) is 22.7. The van der Waals surface area contributed by atoms with Crippen molar-refractivity contribution in [3.8, 4) is 11.5 Å². The monoisotopic (exact) mass is 423 g/mol. The second-order valence-electron chi connectivity index (χ2n) is 8.92. The Kier molecular flexibility index (Phi) is 10.7. The maximum absolute atomic E-state index is 12.2. The van der Waals surface area contributed by atoms with E-state index in [-0.39, 0.29) is 31.8 Å². The molecule has 1 atom stereocenters. The van der Waals surface area contributed by atoms with Gasteiger partial charge in [-0.15, -0.1) is 0 Å². The number of carbonyl (C=O) groups excluding carboxylic acids is 2. The van der Waals surface area contributed by atoms with Crippen LogP contribution >= 0.6 is 0 Å². The van der Waals surface area contributed by atoms with Gasteiger partial charge in [-0.1, -0.05) is 34.6 Å². The van der Waals surface area contributed by atoms with Crippen molar-refractivity contribution in [2.45, 2.75) is 60.7 Å².